The van der Waals surface area contributed by atoms with Crippen molar-refractivity contribution in [3.8, 4) is 0 Å². The molecule has 3 unspecified atom stereocenters. The zero-order valence-electron chi connectivity index (χ0n) is 11.3. The monoisotopic (exact) mass is 277 g/mol. The van der Waals surface area contributed by atoms with Gasteiger partial charge < -0.3 is 14.4 Å². The molecule has 2 aliphatic rings. The van der Waals surface area contributed by atoms with Gasteiger partial charge in [-0.25, -0.2) is 4.79 Å². The summed E-state index contributed by atoms with van der Waals surface area (Å²) < 4.78 is 4.96. The van der Waals surface area contributed by atoms with Gasteiger partial charge in [0.1, 0.15) is 12.3 Å². The van der Waals surface area contributed by atoms with Gasteiger partial charge in [0.15, 0.2) is 0 Å². The molecule has 1 N–H and O–H groups in total. The summed E-state index contributed by atoms with van der Waals surface area (Å²) in [6, 6.07) is 0.978. The van der Waals surface area contributed by atoms with E-state index in [4.69, 9.17) is 4.42 Å². The van der Waals surface area contributed by atoms with E-state index in [0.717, 1.165) is 25.7 Å². The normalized spacial score (nSPS) is 29.8. The highest BCUT2D eigenvalue weighted by Crippen LogP contribution is 2.38. The number of amides is 1. The van der Waals surface area contributed by atoms with Crippen LogP contribution in [0.2, 0.25) is 0 Å². The number of carbonyl (C=O) groups is 2. The van der Waals surface area contributed by atoms with Crippen molar-refractivity contribution in [2.45, 2.75) is 50.6 Å². The predicted molar refractivity (Wildman–Crippen MR) is 71.3 cm³/mol. The van der Waals surface area contributed by atoms with Crippen LogP contribution in [0.4, 0.5) is 0 Å². The van der Waals surface area contributed by atoms with Crippen molar-refractivity contribution in [1.29, 1.82) is 0 Å². The molecule has 1 aromatic heterocycles. The number of aliphatic carboxylic acids is 1. The number of hydrogen-bond acceptors (Lipinski definition) is 3. The number of nitrogens with zero attached hydrogens (tertiary/aromatic N) is 1. The molecule has 5 heteroatoms. The van der Waals surface area contributed by atoms with Crippen molar-refractivity contribution >= 4 is 11.9 Å². The van der Waals surface area contributed by atoms with E-state index in [2.05, 4.69) is 0 Å². The molecular formula is C15H19NO4. The Morgan fingerprint density at radius 3 is 2.70 bits per heavy atom. The highest BCUT2D eigenvalue weighted by Gasteiger charge is 2.44. The molecule has 0 aromatic carbocycles. The lowest BCUT2D eigenvalue weighted by molar-refractivity contribution is -0.146. The Labute approximate surface area is 117 Å². The van der Waals surface area contributed by atoms with Gasteiger partial charge in [-0.3, -0.25) is 4.79 Å². The standard InChI is InChI=1S/C15H19NO4/c17-14(11-7-8-20-9-11)16-12-4-2-1-3-10(12)5-6-13(16)15(18)19/h7-10,12-13H,1-6H2,(H,18,19). The lowest BCUT2D eigenvalue weighted by Gasteiger charge is -2.47. The van der Waals surface area contributed by atoms with Crippen LogP contribution >= 0.6 is 0 Å². The van der Waals surface area contributed by atoms with Gasteiger partial charge in [0.05, 0.1) is 11.8 Å². The number of furan rings is 1. The van der Waals surface area contributed by atoms with Crippen LogP contribution in [0.1, 0.15) is 48.9 Å². The van der Waals surface area contributed by atoms with Crippen LogP contribution in [0, 0.1) is 5.92 Å². The van der Waals surface area contributed by atoms with Crippen LogP contribution < -0.4 is 0 Å². The second-order valence-corrected chi connectivity index (χ2v) is 5.77. The Morgan fingerprint density at radius 1 is 1.20 bits per heavy atom. The van der Waals surface area contributed by atoms with Gasteiger partial charge in [0.25, 0.3) is 5.91 Å². The molecule has 3 atom stereocenters. The number of likely N-dealkylation sites (tertiary alicyclic amines) is 1. The largest absolute Gasteiger partial charge is 0.480 e. The molecule has 20 heavy (non-hydrogen) atoms. The summed E-state index contributed by atoms with van der Waals surface area (Å²) in [5.74, 6) is -0.649. The fraction of sp³-hybridized carbons (Fsp3) is 0.600. The second-order valence-electron chi connectivity index (χ2n) is 5.77. The van der Waals surface area contributed by atoms with E-state index in [9.17, 15) is 14.7 Å². The molecule has 1 saturated carbocycles. The van der Waals surface area contributed by atoms with Crippen molar-refractivity contribution in [3.63, 3.8) is 0 Å². The molecule has 1 amide bonds. The topological polar surface area (TPSA) is 70.8 Å². The highest BCUT2D eigenvalue weighted by atomic mass is 16.4. The molecule has 1 aromatic rings. The van der Waals surface area contributed by atoms with Gasteiger partial charge in [0.2, 0.25) is 0 Å². The minimum atomic E-state index is -0.897. The van der Waals surface area contributed by atoms with Crippen molar-refractivity contribution in [2.24, 2.45) is 5.92 Å². The first-order chi connectivity index (χ1) is 9.68. The molecule has 2 heterocycles. The fourth-order valence-corrected chi connectivity index (χ4v) is 3.70. The Bertz CT molecular complexity index is 496. The number of hydrogen-bond donors (Lipinski definition) is 1. The van der Waals surface area contributed by atoms with E-state index in [1.807, 2.05) is 0 Å². The Morgan fingerprint density at radius 2 is 2.00 bits per heavy atom. The van der Waals surface area contributed by atoms with Crippen LogP contribution in [-0.2, 0) is 4.79 Å². The lowest BCUT2D eigenvalue weighted by Crippen LogP contribution is -2.57. The first kappa shape index (κ1) is 13.2. The summed E-state index contributed by atoms with van der Waals surface area (Å²) in [4.78, 5) is 25.7. The minimum Gasteiger partial charge on any atom is -0.480 e. The molecule has 1 aliphatic heterocycles. The summed E-state index contributed by atoms with van der Waals surface area (Å²) in [6.07, 6.45) is 8.59. The maximum Gasteiger partial charge on any atom is 0.326 e. The number of piperidine rings is 1. The zero-order valence-corrected chi connectivity index (χ0v) is 11.3. The Kier molecular flexibility index (Phi) is 3.51. The number of carboxylic acid groups (broad SMARTS) is 1. The summed E-state index contributed by atoms with van der Waals surface area (Å²) >= 11 is 0. The first-order valence-electron chi connectivity index (χ1n) is 7.26. The summed E-state index contributed by atoms with van der Waals surface area (Å²) in [5, 5.41) is 9.43. The lowest BCUT2D eigenvalue weighted by atomic mass is 9.76. The van der Waals surface area contributed by atoms with Crippen LogP contribution in [-0.4, -0.2) is 34.0 Å². The Hall–Kier alpha value is -1.78. The molecule has 1 saturated heterocycles. The SMILES string of the molecule is O=C(O)C1CCC2CCCCC2N1C(=O)c1ccoc1. The maximum absolute atomic E-state index is 12.6. The molecule has 1 aliphatic carbocycles. The maximum atomic E-state index is 12.6. The second kappa shape index (κ2) is 5.31. The van der Waals surface area contributed by atoms with E-state index in [0.29, 0.717) is 17.9 Å². The first-order valence-corrected chi connectivity index (χ1v) is 7.26. The number of carboxylic acids is 1. The Balaban J connectivity index is 1.91. The number of rotatable bonds is 2. The molecule has 3 rings (SSSR count). The van der Waals surface area contributed by atoms with Crippen molar-refractivity contribution < 1.29 is 19.1 Å². The van der Waals surface area contributed by atoms with Crippen LogP contribution in [0.3, 0.4) is 0 Å². The van der Waals surface area contributed by atoms with Crippen LogP contribution in [0.5, 0.6) is 0 Å². The average Bonchev–Trinajstić information content (AvgIpc) is 2.99. The predicted octanol–water partition coefficient (Wildman–Crippen LogP) is 2.53. The molecule has 108 valence electrons. The number of carbonyl (C=O) groups excluding carboxylic acids is 1. The van der Waals surface area contributed by atoms with E-state index in [-0.39, 0.29) is 11.9 Å². The van der Waals surface area contributed by atoms with Gasteiger partial charge in [-0.1, -0.05) is 12.8 Å². The van der Waals surface area contributed by atoms with E-state index in [1.165, 1.54) is 18.9 Å². The van der Waals surface area contributed by atoms with Crippen molar-refractivity contribution in [1.82, 2.24) is 4.90 Å². The molecule has 0 radical (unpaired) electrons. The van der Waals surface area contributed by atoms with E-state index >= 15 is 0 Å². The van der Waals surface area contributed by atoms with Crippen molar-refractivity contribution in [2.75, 3.05) is 0 Å². The summed E-state index contributed by atoms with van der Waals surface area (Å²) in [6.45, 7) is 0. The smallest absolute Gasteiger partial charge is 0.326 e. The highest BCUT2D eigenvalue weighted by molar-refractivity contribution is 5.96. The zero-order chi connectivity index (χ0) is 14.1. The average molecular weight is 277 g/mol. The third-order valence-electron chi connectivity index (χ3n) is 4.66. The van der Waals surface area contributed by atoms with Gasteiger partial charge >= 0.3 is 5.97 Å². The van der Waals surface area contributed by atoms with Gasteiger partial charge in [-0.05, 0) is 37.7 Å². The third-order valence-corrected chi connectivity index (χ3v) is 4.66. The minimum absolute atomic E-state index is 0.0704. The van der Waals surface area contributed by atoms with Gasteiger partial charge in [0, 0.05) is 6.04 Å². The molecule has 0 spiro atoms. The molecule has 2 fully saturated rings. The van der Waals surface area contributed by atoms with E-state index < -0.39 is 12.0 Å². The van der Waals surface area contributed by atoms with Crippen LogP contribution in [0.25, 0.3) is 0 Å². The fourth-order valence-electron chi connectivity index (χ4n) is 3.70. The summed E-state index contributed by atoms with van der Waals surface area (Å²) in [7, 11) is 0. The third kappa shape index (κ3) is 2.21. The van der Waals surface area contributed by atoms with Gasteiger partial charge in [-0.2, -0.15) is 0 Å². The molecular weight excluding hydrogens is 258 g/mol. The molecule has 0 bridgehead atoms. The van der Waals surface area contributed by atoms with Gasteiger partial charge in [-0.15, -0.1) is 0 Å². The molecule has 5 nitrogen and oxygen atoms in total. The van der Waals surface area contributed by atoms with E-state index in [1.54, 1.807) is 11.0 Å². The summed E-state index contributed by atoms with van der Waals surface area (Å²) in [5.41, 5.74) is 0.447. The number of fused-ring (bicyclic) bond motifs is 1. The van der Waals surface area contributed by atoms with Crippen molar-refractivity contribution in [3.05, 3.63) is 24.2 Å². The quantitative estimate of drug-likeness (QED) is 0.901. The van der Waals surface area contributed by atoms with Crippen LogP contribution in [0.15, 0.2) is 23.0 Å².